The van der Waals surface area contributed by atoms with E-state index in [-0.39, 0.29) is 0 Å². The Bertz CT molecular complexity index is 392. The Morgan fingerprint density at radius 3 is 2.73 bits per heavy atom. The van der Waals surface area contributed by atoms with Gasteiger partial charge in [0.15, 0.2) is 0 Å². The maximum absolute atomic E-state index is 11.5. The van der Waals surface area contributed by atoms with Crippen LogP contribution in [0.1, 0.15) is 36.4 Å². The molecule has 0 atom stereocenters. The number of ether oxygens (including phenoxy) is 1. The summed E-state index contributed by atoms with van der Waals surface area (Å²) in [6.45, 7) is 3.99. The fraction of sp³-hybridized carbons (Fsp3) is 0.455. The maximum atomic E-state index is 11.5. The van der Waals surface area contributed by atoms with Gasteiger partial charge in [-0.25, -0.2) is 9.59 Å². The van der Waals surface area contributed by atoms with Gasteiger partial charge in [-0.15, -0.1) is 0 Å². The molecule has 0 unspecified atom stereocenters. The van der Waals surface area contributed by atoms with E-state index in [1.807, 2.05) is 6.92 Å². The van der Waals surface area contributed by atoms with Crippen molar-refractivity contribution in [2.24, 2.45) is 0 Å². The first-order valence-electron chi connectivity index (χ1n) is 4.99. The molecule has 0 fully saturated rings. The van der Waals surface area contributed by atoms with Crippen molar-refractivity contribution in [2.75, 3.05) is 6.61 Å². The molecule has 0 saturated carbocycles. The Balaban J connectivity index is 3.04. The SMILES string of the molecule is CCCc1oc(=O)ccc1C(=O)OCC. The highest BCUT2D eigenvalue weighted by Gasteiger charge is 2.14. The van der Waals surface area contributed by atoms with Crippen molar-refractivity contribution in [1.29, 1.82) is 0 Å². The topological polar surface area (TPSA) is 56.5 Å². The lowest BCUT2D eigenvalue weighted by Crippen LogP contribution is -2.11. The van der Waals surface area contributed by atoms with Crippen LogP contribution in [0.3, 0.4) is 0 Å². The van der Waals surface area contributed by atoms with Gasteiger partial charge in [-0.1, -0.05) is 6.92 Å². The van der Waals surface area contributed by atoms with E-state index in [1.54, 1.807) is 6.92 Å². The van der Waals surface area contributed by atoms with Gasteiger partial charge in [0.25, 0.3) is 0 Å². The van der Waals surface area contributed by atoms with Crippen molar-refractivity contribution in [1.82, 2.24) is 0 Å². The summed E-state index contributed by atoms with van der Waals surface area (Å²) < 4.78 is 9.81. The summed E-state index contributed by atoms with van der Waals surface area (Å²) in [6.07, 6.45) is 1.36. The number of rotatable bonds is 4. The highest BCUT2D eigenvalue weighted by Crippen LogP contribution is 2.10. The minimum absolute atomic E-state index is 0.309. The van der Waals surface area contributed by atoms with E-state index in [2.05, 4.69) is 0 Å². The zero-order valence-electron chi connectivity index (χ0n) is 8.91. The van der Waals surface area contributed by atoms with E-state index < -0.39 is 11.6 Å². The molecule has 1 aromatic heterocycles. The zero-order chi connectivity index (χ0) is 11.3. The van der Waals surface area contributed by atoms with Gasteiger partial charge in [-0.2, -0.15) is 0 Å². The molecule has 0 aliphatic rings. The molecule has 0 amide bonds. The van der Waals surface area contributed by atoms with Crippen LogP contribution < -0.4 is 5.63 Å². The lowest BCUT2D eigenvalue weighted by atomic mass is 10.1. The molecule has 0 aliphatic heterocycles. The van der Waals surface area contributed by atoms with E-state index in [0.29, 0.717) is 24.4 Å². The van der Waals surface area contributed by atoms with Crippen molar-refractivity contribution in [3.63, 3.8) is 0 Å². The van der Waals surface area contributed by atoms with Crippen LogP contribution in [-0.2, 0) is 11.2 Å². The molecule has 0 aliphatic carbocycles. The second-order valence-electron chi connectivity index (χ2n) is 3.06. The molecule has 0 saturated heterocycles. The smallest absolute Gasteiger partial charge is 0.341 e. The Kier molecular flexibility index (Phi) is 4.09. The molecule has 0 N–H and O–H groups in total. The molecule has 82 valence electrons. The number of esters is 1. The average Bonchev–Trinajstić information content (AvgIpc) is 2.18. The van der Waals surface area contributed by atoms with Gasteiger partial charge in [0.1, 0.15) is 5.76 Å². The molecule has 1 aromatic rings. The summed E-state index contributed by atoms with van der Waals surface area (Å²) in [5, 5.41) is 0. The number of carbonyl (C=O) groups excluding carboxylic acids is 1. The Labute approximate surface area is 87.9 Å². The summed E-state index contributed by atoms with van der Waals surface area (Å²) in [6, 6.07) is 2.68. The lowest BCUT2D eigenvalue weighted by molar-refractivity contribution is 0.0521. The van der Waals surface area contributed by atoms with Crippen molar-refractivity contribution >= 4 is 5.97 Å². The van der Waals surface area contributed by atoms with Crippen molar-refractivity contribution in [3.05, 3.63) is 33.9 Å². The van der Waals surface area contributed by atoms with Gasteiger partial charge in [-0.3, -0.25) is 0 Å². The highest BCUT2D eigenvalue weighted by atomic mass is 16.5. The molecule has 0 bridgehead atoms. The number of hydrogen-bond acceptors (Lipinski definition) is 4. The molecule has 1 heterocycles. The van der Waals surface area contributed by atoms with E-state index in [4.69, 9.17) is 9.15 Å². The van der Waals surface area contributed by atoms with Crippen molar-refractivity contribution in [2.45, 2.75) is 26.7 Å². The maximum Gasteiger partial charge on any atom is 0.341 e. The van der Waals surface area contributed by atoms with Crippen LogP contribution >= 0.6 is 0 Å². The summed E-state index contributed by atoms with van der Waals surface area (Å²) >= 11 is 0. The monoisotopic (exact) mass is 210 g/mol. The van der Waals surface area contributed by atoms with Crippen LogP contribution in [-0.4, -0.2) is 12.6 Å². The standard InChI is InChI=1S/C11H14O4/c1-3-5-9-8(11(13)14-4-2)6-7-10(12)15-9/h6-7H,3-5H2,1-2H3. The van der Waals surface area contributed by atoms with Gasteiger partial charge in [0.2, 0.25) is 0 Å². The van der Waals surface area contributed by atoms with Crippen LogP contribution in [0.2, 0.25) is 0 Å². The summed E-state index contributed by atoms with van der Waals surface area (Å²) in [5.74, 6) is -0.0341. The Hall–Kier alpha value is -1.58. The molecular formula is C11H14O4. The van der Waals surface area contributed by atoms with Crippen molar-refractivity contribution in [3.8, 4) is 0 Å². The quantitative estimate of drug-likeness (QED) is 0.710. The van der Waals surface area contributed by atoms with Crippen LogP contribution in [0.15, 0.2) is 21.3 Å². The fourth-order valence-electron chi connectivity index (χ4n) is 1.26. The highest BCUT2D eigenvalue weighted by molar-refractivity contribution is 5.90. The fourth-order valence-corrected chi connectivity index (χ4v) is 1.26. The second-order valence-corrected chi connectivity index (χ2v) is 3.06. The molecule has 4 heteroatoms. The van der Waals surface area contributed by atoms with E-state index in [1.165, 1.54) is 12.1 Å². The average molecular weight is 210 g/mol. The van der Waals surface area contributed by atoms with E-state index in [0.717, 1.165) is 6.42 Å². The van der Waals surface area contributed by atoms with Crippen LogP contribution in [0, 0.1) is 0 Å². The predicted octanol–water partition coefficient (Wildman–Crippen LogP) is 1.77. The molecular weight excluding hydrogens is 196 g/mol. The van der Waals surface area contributed by atoms with Crippen LogP contribution in [0.5, 0.6) is 0 Å². The minimum Gasteiger partial charge on any atom is -0.462 e. The van der Waals surface area contributed by atoms with E-state index in [9.17, 15) is 9.59 Å². The third kappa shape index (κ3) is 2.94. The molecule has 0 radical (unpaired) electrons. The largest absolute Gasteiger partial charge is 0.462 e. The second kappa shape index (κ2) is 5.34. The van der Waals surface area contributed by atoms with Gasteiger partial charge in [-0.05, 0) is 19.4 Å². The molecule has 15 heavy (non-hydrogen) atoms. The molecule has 0 aromatic carbocycles. The molecule has 0 spiro atoms. The third-order valence-corrected chi connectivity index (χ3v) is 1.88. The van der Waals surface area contributed by atoms with E-state index >= 15 is 0 Å². The minimum atomic E-state index is -0.440. The van der Waals surface area contributed by atoms with Crippen LogP contribution in [0.25, 0.3) is 0 Å². The summed E-state index contributed by atoms with van der Waals surface area (Å²) in [7, 11) is 0. The normalized spacial score (nSPS) is 10.0. The van der Waals surface area contributed by atoms with Gasteiger partial charge < -0.3 is 9.15 Å². The summed E-state index contributed by atoms with van der Waals surface area (Å²) in [5.41, 5.74) is -0.0928. The van der Waals surface area contributed by atoms with Crippen LogP contribution in [0.4, 0.5) is 0 Å². The van der Waals surface area contributed by atoms with Gasteiger partial charge in [0.05, 0.1) is 12.2 Å². The number of aryl methyl sites for hydroxylation is 1. The first-order chi connectivity index (χ1) is 7.19. The Morgan fingerprint density at radius 1 is 1.40 bits per heavy atom. The lowest BCUT2D eigenvalue weighted by Gasteiger charge is -2.05. The third-order valence-electron chi connectivity index (χ3n) is 1.88. The molecule has 1 rings (SSSR count). The number of carbonyl (C=O) groups is 1. The van der Waals surface area contributed by atoms with Crippen molar-refractivity contribution < 1.29 is 13.9 Å². The Morgan fingerprint density at radius 2 is 2.13 bits per heavy atom. The van der Waals surface area contributed by atoms with Gasteiger partial charge in [0, 0.05) is 12.5 Å². The number of hydrogen-bond donors (Lipinski definition) is 0. The zero-order valence-corrected chi connectivity index (χ0v) is 8.91. The van der Waals surface area contributed by atoms with Gasteiger partial charge >= 0.3 is 11.6 Å². The predicted molar refractivity (Wildman–Crippen MR) is 54.9 cm³/mol. The first kappa shape index (κ1) is 11.5. The summed E-state index contributed by atoms with van der Waals surface area (Å²) in [4.78, 5) is 22.4. The molecule has 4 nitrogen and oxygen atoms in total. The first-order valence-corrected chi connectivity index (χ1v) is 4.99.